The third-order valence-corrected chi connectivity index (χ3v) is 8.35. The summed E-state index contributed by atoms with van der Waals surface area (Å²) in [4.78, 5) is 22.5. The van der Waals surface area contributed by atoms with Crippen molar-refractivity contribution in [2.75, 3.05) is 32.5 Å². The number of imidazole rings is 1. The van der Waals surface area contributed by atoms with Crippen molar-refractivity contribution in [1.82, 2.24) is 19.4 Å². The Morgan fingerprint density at radius 2 is 2.19 bits per heavy atom. The summed E-state index contributed by atoms with van der Waals surface area (Å²) >= 11 is 1.79. The Morgan fingerprint density at radius 3 is 2.94 bits per heavy atom. The maximum Gasteiger partial charge on any atom is 0.303 e. The van der Waals surface area contributed by atoms with Crippen LogP contribution in [0.5, 0.6) is 5.75 Å². The van der Waals surface area contributed by atoms with Crippen molar-refractivity contribution in [3.63, 3.8) is 0 Å². The van der Waals surface area contributed by atoms with Gasteiger partial charge >= 0.3 is 5.97 Å². The third-order valence-electron chi connectivity index (χ3n) is 7.16. The number of carboxylic acids is 1. The fourth-order valence-electron chi connectivity index (χ4n) is 5.21. The number of nitrogens with zero attached hydrogens (tertiary/aromatic N) is 4. The molecule has 194 valence electrons. The number of pyridine rings is 1. The minimum atomic E-state index is -1.13. The number of hydrogen-bond donors (Lipinski definition) is 1. The molecule has 1 aliphatic heterocycles. The van der Waals surface area contributed by atoms with Gasteiger partial charge in [0.05, 0.1) is 30.2 Å². The van der Waals surface area contributed by atoms with Crippen LogP contribution in [0, 0.1) is 11.8 Å². The maximum absolute atomic E-state index is 15.5. The molecule has 3 aromatic rings. The van der Waals surface area contributed by atoms with Gasteiger partial charge in [-0.1, -0.05) is 0 Å². The highest BCUT2D eigenvalue weighted by molar-refractivity contribution is 7.99. The van der Waals surface area contributed by atoms with Crippen molar-refractivity contribution in [3.8, 4) is 5.75 Å². The zero-order valence-corrected chi connectivity index (χ0v) is 21.8. The second-order valence-electron chi connectivity index (χ2n) is 9.58. The average molecular weight is 515 g/mol. The van der Waals surface area contributed by atoms with Crippen LogP contribution in [0.4, 0.5) is 4.39 Å². The molecule has 3 heterocycles. The number of ether oxygens (including phenoxy) is 1. The van der Waals surface area contributed by atoms with Gasteiger partial charge in [0.25, 0.3) is 0 Å². The van der Waals surface area contributed by atoms with Crippen LogP contribution in [0.3, 0.4) is 0 Å². The van der Waals surface area contributed by atoms with E-state index in [0.29, 0.717) is 24.2 Å². The fourth-order valence-corrected chi connectivity index (χ4v) is 6.08. The van der Waals surface area contributed by atoms with Crippen LogP contribution < -0.4 is 4.74 Å². The van der Waals surface area contributed by atoms with E-state index in [1.165, 1.54) is 0 Å². The Balaban J connectivity index is 1.32. The van der Waals surface area contributed by atoms with E-state index in [1.807, 2.05) is 36.0 Å². The predicted molar refractivity (Wildman–Crippen MR) is 140 cm³/mol. The minimum Gasteiger partial charge on any atom is -0.497 e. The largest absolute Gasteiger partial charge is 0.497 e. The van der Waals surface area contributed by atoms with Crippen molar-refractivity contribution in [3.05, 3.63) is 48.5 Å². The molecule has 1 N–H and O–H groups in total. The summed E-state index contributed by atoms with van der Waals surface area (Å²) in [7, 11) is 3.59. The molecule has 0 aliphatic carbocycles. The van der Waals surface area contributed by atoms with E-state index >= 15 is 4.39 Å². The number of fused-ring (bicyclic) bond motifs is 1. The summed E-state index contributed by atoms with van der Waals surface area (Å²) in [6.07, 6.45) is 7.33. The number of benzene rings is 1. The quantitative estimate of drug-likeness (QED) is 0.257. The molecule has 4 rings (SSSR count). The van der Waals surface area contributed by atoms with E-state index in [0.717, 1.165) is 54.2 Å². The van der Waals surface area contributed by atoms with Crippen LogP contribution >= 0.6 is 11.8 Å². The second-order valence-corrected chi connectivity index (χ2v) is 10.7. The third kappa shape index (κ3) is 6.76. The normalized spacial score (nSPS) is 19.4. The lowest BCUT2D eigenvalue weighted by molar-refractivity contribution is -0.139. The first kappa shape index (κ1) is 26.4. The molecular formula is C27H35FN4O3S. The number of hydrogen-bond acceptors (Lipinski definition) is 6. The van der Waals surface area contributed by atoms with Crippen LogP contribution in [0.25, 0.3) is 10.9 Å². The lowest BCUT2D eigenvalue weighted by atomic mass is 9.79. The summed E-state index contributed by atoms with van der Waals surface area (Å²) < 4.78 is 22.8. The molecule has 9 heteroatoms. The molecule has 0 unspecified atom stereocenters. The molecule has 36 heavy (non-hydrogen) atoms. The van der Waals surface area contributed by atoms with E-state index in [4.69, 9.17) is 4.74 Å². The zero-order chi connectivity index (χ0) is 25.5. The molecule has 0 bridgehead atoms. The maximum atomic E-state index is 15.5. The molecule has 2 aromatic heterocycles. The Morgan fingerprint density at radius 1 is 1.33 bits per heavy atom. The van der Waals surface area contributed by atoms with Crippen molar-refractivity contribution >= 4 is 28.6 Å². The van der Waals surface area contributed by atoms with E-state index in [2.05, 4.69) is 14.9 Å². The van der Waals surface area contributed by atoms with Gasteiger partial charge in [-0.25, -0.2) is 9.37 Å². The molecule has 1 aliphatic rings. The van der Waals surface area contributed by atoms with Gasteiger partial charge in [0.2, 0.25) is 0 Å². The number of halogens is 1. The Hall–Kier alpha value is -2.65. The number of rotatable bonds is 12. The number of aliphatic carboxylic acids is 1. The van der Waals surface area contributed by atoms with E-state index in [1.54, 1.807) is 37.5 Å². The summed E-state index contributed by atoms with van der Waals surface area (Å²) in [5, 5.41) is 11.4. The molecule has 0 saturated carbocycles. The summed E-state index contributed by atoms with van der Waals surface area (Å²) in [6, 6.07) is 7.25. The van der Waals surface area contributed by atoms with Crippen molar-refractivity contribution in [1.29, 1.82) is 0 Å². The van der Waals surface area contributed by atoms with Crippen molar-refractivity contribution in [2.24, 2.45) is 18.9 Å². The van der Waals surface area contributed by atoms with Crippen LogP contribution in [0.15, 0.2) is 48.0 Å². The van der Waals surface area contributed by atoms with Gasteiger partial charge in [0.1, 0.15) is 11.9 Å². The first-order valence-corrected chi connectivity index (χ1v) is 13.5. The van der Waals surface area contributed by atoms with E-state index < -0.39 is 12.1 Å². The summed E-state index contributed by atoms with van der Waals surface area (Å²) in [5.41, 5.74) is 1.37. The van der Waals surface area contributed by atoms with Gasteiger partial charge in [-0.2, -0.15) is 0 Å². The second kappa shape index (κ2) is 12.5. The molecule has 0 radical (unpaired) electrons. The molecule has 7 nitrogen and oxygen atoms in total. The number of carbonyl (C=O) groups is 1. The first-order valence-electron chi connectivity index (χ1n) is 12.5. The Kier molecular flexibility index (Phi) is 9.20. The summed E-state index contributed by atoms with van der Waals surface area (Å²) in [5.74, 6) is 1.15. The number of methoxy groups -OCH3 is 1. The van der Waals surface area contributed by atoms with Gasteiger partial charge in [-0.15, -0.1) is 11.8 Å². The smallest absolute Gasteiger partial charge is 0.303 e. The molecule has 0 spiro atoms. The molecule has 3 atom stereocenters. The SMILES string of the molecule is COc1ccc2nccc([C@H](F)CC[C@@H]3CCN(CCCSc4cncn4C)C[C@@H]3CC(=O)O)c2c1. The number of aromatic nitrogens is 3. The number of carboxylic acid groups (broad SMARTS) is 1. The van der Waals surface area contributed by atoms with Gasteiger partial charge in [0, 0.05) is 37.3 Å². The number of aryl methyl sites for hydroxylation is 1. The summed E-state index contributed by atoms with van der Waals surface area (Å²) in [6.45, 7) is 2.65. The fraction of sp³-hybridized carbons (Fsp3) is 0.519. The highest BCUT2D eigenvalue weighted by Crippen LogP contribution is 2.36. The zero-order valence-electron chi connectivity index (χ0n) is 21.0. The number of piperidine rings is 1. The number of alkyl halides is 1. The van der Waals surface area contributed by atoms with Crippen LogP contribution in [-0.4, -0.2) is 63.0 Å². The van der Waals surface area contributed by atoms with Gasteiger partial charge in [-0.3, -0.25) is 9.78 Å². The first-order chi connectivity index (χ1) is 17.4. The molecular weight excluding hydrogens is 479 g/mol. The highest BCUT2D eigenvalue weighted by atomic mass is 32.2. The van der Waals surface area contributed by atoms with Gasteiger partial charge in [-0.05, 0) is 80.4 Å². The number of thioether (sulfide) groups is 1. The van der Waals surface area contributed by atoms with E-state index in [-0.39, 0.29) is 18.3 Å². The van der Waals surface area contributed by atoms with Crippen molar-refractivity contribution < 1.29 is 19.0 Å². The topological polar surface area (TPSA) is 80.5 Å². The van der Waals surface area contributed by atoms with E-state index in [9.17, 15) is 9.90 Å². The van der Waals surface area contributed by atoms with Gasteiger partial charge < -0.3 is 19.3 Å². The molecule has 1 aromatic carbocycles. The van der Waals surface area contributed by atoms with Crippen LogP contribution in [-0.2, 0) is 11.8 Å². The lowest BCUT2D eigenvalue weighted by Crippen LogP contribution is -2.42. The van der Waals surface area contributed by atoms with Crippen molar-refractivity contribution in [2.45, 2.75) is 43.3 Å². The Bertz CT molecular complexity index is 1160. The monoisotopic (exact) mass is 514 g/mol. The van der Waals surface area contributed by atoms with Crippen LogP contribution in [0.1, 0.15) is 43.8 Å². The Labute approximate surface area is 216 Å². The standard InChI is InChI=1S/C27H35FN4O3S/c1-31-18-29-16-26(31)36-13-3-11-32-12-9-19(20(17-32)14-27(33)34)4-6-24(28)22-8-10-30-25-7-5-21(35-2)15-23(22)25/h5,7-8,10,15-16,18-20,24H,3-4,6,9,11-14,17H2,1-2H3,(H,33,34)/t19-,20+,24-/m1/s1. The van der Waals surface area contributed by atoms with Crippen LogP contribution in [0.2, 0.25) is 0 Å². The predicted octanol–water partition coefficient (Wildman–Crippen LogP) is 5.36. The minimum absolute atomic E-state index is 0.0439. The van der Waals surface area contributed by atoms with Gasteiger partial charge in [0.15, 0.2) is 0 Å². The highest BCUT2D eigenvalue weighted by Gasteiger charge is 2.31. The molecule has 1 saturated heterocycles. The lowest BCUT2D eigenvalue weighted by Gasteiger charge is -2.38. The molecule has 1 fully saturated rings. The number of likely N-dealkylation sites (tertiary alicyclic amines) is 1. The molecule has 0 amide bonds. The average Bonchev–Trinajstić information content (AvgIpc) is 3.29.